The third-order valence-electron chi connectivity index (χ3n) is 1.39. The molecule has 2 nitrogen and oxygen atoms in total. The lowest BCUT2D eigenvalue weighted by molar-refractivity contribution is 0.214. The molecule has 0 saturated carbocycles. The molecule has 13 heavy (non-hydrogen) atoms. The number of nitrogens with zero attached hydrogens (tertiary/aromatic N) is 1. The fourth-order valence-corrected chi connectivity index (χ4v) is 0.844. The van der Waals surface area contributed by atoms with Crippen LogP contribution in [0.25, 0.3) is 0 Å². The van der Waals surface area contributed by atoms with Gasteiger partial charge in [-0.1, -0.05) is 29.3 Å². The van der Waals surface area contributed by atoms with E-state index in [2.05, 4.69) is 21.8 Å². The summed E-state index contributed by atoms with van der Waals surface area (Å²) in [5, 5.41) is 3.68. The van der Waals surface area contributed by atoms with E-state index in [-0.39, 0.29) is 0 Å². The maximum atomic E-state index is 4.58. The lowest BCUT2D eigenvalue weighted by Gasteiger charge is -1.87. The van der Waals surface area contributed by atoms with Crippen molar-refractivity contribution in [3.8, 4) is 11.8 Å². The molecule has 1 aromatic carbocycles. The molecule has 0 aromatic heterocycles. The largest absolute Gasteiger partial charge is 0.398 e. The van der Waals surface area contributed by atoms with E-state index in [4.69, 9.17) is 0 Å². The minimum Gasteiger partial charge on any atom is -0.398 e. The molecule has 0 spiro atoms. The van der Waals surface area contributed by atoms with Gasteiger partial charge in [0, 0.05) is 5.56 Å². The average molecular weight is 173 g/mol. The van der Waals surface area contributed by atoms with Crippen molar-refractivity contribution in [1.29, 1.82) is 0 Å². The Hall–Kier alpha value is -1.75. The van der Waals surface area contributed by atoms with Gasteiger partial charge in [0.25, 0.3) is 0 Å². The van der Waals surface area contributed by atoms with E-state index in [0.717, 1.165) is 5.56 Å². The molecule has 0 saturated heterocycles. The summed E-state index contributed by atoms with van der Waals surface area (Å²) in [6, 6.07) is 9.76. The normalized spacial score (nSPS) is 10.2. The number of oxime groups is 1. The molecule has 0 amide bonds. The molecule has 0 fully saturated rings. The van der Waals surface area contributed by atoms with E-state index in [1.165, 1.54) is 7.11 Å². The van der Waals surface area contributed by atoms with Crippen LogP contribution in [0, 0.1) is 11.8 Å². The number of rotatable bonds is 1. The maximum absolute atomic E-state index is 4.58. The zero-order valence-electron chi connectivity index (χ0n) is 7.74. The van der Waals surface area contributed by atoms with E-state index >= 15 is 0 Å². The highest BCUT2D eigenvalue weighted by Crippen LogP contribution is 1.94. The summed E-state index contributed by atoms with van der Waals surface area (Å²) < 4.78 is 0. The van der Waals surface area contributed by atoms with Gasteiger partial charge in [-0.15, -0.1) is 0 Å². The Morgan fingerprint density at radius 1 is 1.31 bits per heavy atom. The Labute approximate surface area is 78.2 Å². The zero-order chi connectivity index (χ0) is 9.52. The number of hydrogen-bond acceptors (Lipinski definition) is 2. The van der Waals surface area contributed by atoms with E-state index in [1.54, 1.807) is 6.92 Å². The van der Waals surface area contributed by atoms with Crippen LogP contribution in [-0.2, 0) is 4.84 Å². The summed E-state index contributed by atoms with van der Waals surface area (Å²) in [6.07, 6.45) is 0. The van der Waals surface area contributed by atoms with Crippen molar-refractivity contribution in [3.63, 3.8) is 0 Å². The van der Waals surface area contributed by atoms with Crippen LogP contribution in [0.1, 0.15) is 12.5 Å². The highest BCUT2D eigenvalue weighted by atomic mass is 16.6. The van der Waals surface area contributed by atoms with Gasteiger partial charge in [-0.2, -0.15) is 0 Å². The van der Waals surface area contributed by atoms with Gasteiger partial charge < -0.3 is 4.84 Å². The molecular formula is C11H11NO. The molecule has 0 atom stereocenters. The molecule has 2 heteroatoms. The first-order valence-corrected chi connectivity index (χ1v) is 3.98. The molecular weight excluding hydrogens is 162 g/mol. The Morgan fingerprint density at radius 3 is 2.62 bits per heavy atom. The van der Waals surface area contributed by atoms with Crippen LogP contribution >= 0.6 is 0 Å². The summed E-state index contributed by atoms with van der Waals surface area (Å²) in [6.45, 7) is 1.80. The van der Waals surface area contributed by atoms with Gasteiger partial charge in [-0.3, -0.25) is 0 Å². The molecule has 0 aliphatic rings. The van der Waals surface area contributed by atoms with Crippen LogP contribution in [0.5, 0.6) is 0 Å². The topological polar surface area (TPSA) is 21.6 Å². The van der Waals surface area contributed by atoms with Gasteiger partial charge in [0.2, 0.25) is 0 Å². The third-order valence-corrected chi connectivity index (χ3v) is 1.39. The fourth-order valence-electron chi connectivity index (χ4n) is 0.844. The molecule has 0 aliphatic carbocycles. The molecule has 66 valence electrons. The minimum absolute atomic E-state index is 0.673. The van der Waals surface area contributed by atoms with Gasteiger partial charge in [-0.25, -0.2) is 0 Å². The van der Waals surface area contributed by atoms with Gasteiger partial charge in [0.15, 0.2) is 0 Å². The van der Waals surface area contributed by atoms with Gasteiger partial charge >= 0.3 is 0 Å². The van der Waals surface area contributed by atoms with Crippen LogP contribution in [0.3, 0.4) is 0 Å². The summed E-state index contributed by atoms with van der Waals surface area (Å²) >= 11 is 0. The molecule has 0 aliphatic heterocycles. The summed E-state index contributed by atoms with van der Waals surface area (Å²) in [5.74, 6) is 5.84. The summed E-state index contributed by atoms with van der Waals surface area (Å²) in [5.41, 5.74) is 1.65. The Kier molecular flexibility index (Phi) is 3.59. The maximum Gasteiger partial charge on any atom is 0.126 e. The van der Waals surface area contributed by atoms with Gasteiger partial charge in [0.1, 0.15) is 12.8 Å². The lowest BCUT2D eigenvalue weighted by Crippen LogP contribution is -1.86. The molecule has 0 radical (unpaired) electrons. The van der Waals surface area contributed by atoms with E-state index in [0.29, 0.717) is 5.71 Å². The second-order valence-corrected chi connectivity index (χ2v) is 2.48. The highest BCUT2D eigenvalue weighted by Gasteiger charge is 1.83. The Balaban J connectivity index is 2.73. The van der Waals surface area contributed by atoms with Crippen molar-refractivity contribution in [2.24, 2.45) is 5.16 Å². The van der Waals surface area contributed by atoms with Gasteiger partial charge in [0.05, 0.1) is 0 Å². The highest BCUT2D eigenvalue weighted by molar-refractivity contribution is 5.98. The number of benzene rings is 1. The SMILES string of the molecule is CO/N=C(\C)C#Cc1ccccc1. The molecule has 1 aromatic rings. The van der Waals surface area contributed by atoms with Gasteiger partial charge in [-0.05, 0) is 25.0 Å². The first-order valence-electron chi connectivity index (χ1n) is 3.98. The summed E-state index contributed by atoms with van der Waals surface area (Å²) in [7, 11) is 1.51. The van der Waals surface area contributed by atoms with Crippen molar-refractivity contribution < 1.29 is 4.84 Å². The lowest BCUT2D eigenvalue weighted by atomic mass is 10.2. The standard InChI is InChI=1S/C11H11NO/c1-10(12-13-2)8-9-11-6-4-3-5-7-11/h3-7H,1-2H3/b12-10+. The molecule has 1 rings (SSSR count). The quantitative estimate of drug-likeness (QED) is 0.362. The van der Waals surface area contributed by atoms with Crippen molar-refractivity contribution in [3.05, 3.63) is 35.9 Å². The first kappa shape index (κ1) is 9.34. The van der Waals surface area contributed by atoms with E-state index in [9.17, 15) is 0 Å². The Bertz CT molecular complexity index is 343. The van der Waals surface area contributed by atoms with E-state index in [1.807, 2.05) is 30.3 Å². The first-order chi connectivity index (χ1) is 6.33. The van der Waals surface area contributed by atoms with E-state index < -0.39 is 0 Å². The van der Waals surface area contributed by atoms with Crippen molar-refractivity contribution >= 4 is 5.71 Å². The molecule has 0 heterocycles. The second kappa shape index (κ2) is 5.00. The zero-order valence-corrected chi connectivity index (χ0v) is 7.74. The fraction of sp³-hybridized carbons (Fsp3) is 0.182. The van der Waals surface area contributed by atoms with Crippen LogP contribution in [0.15, 0.2) is 35.5 Å². The smallest absolute Gasteiger partial charge is 0.126 e. The van der Waals surface area contributed by atoms with Crippen LogP contribution in [0.4, 0.5) is 0 Å². The Morgan fingerprint density at radius 2 is 2.00 bits per heavy atom. The van der Waals surface area contributed by atoms with Crippen molar-refractivity contribution in [1.82, 2.24) is 0 Å². The average Bonchev–Trinajstić information content (AvgIpc) is 2.17. The predicted molar refractivity (Wildman–Crippen MR) is 53.4 cm³/mol. The van der Waals surface area contributed by atoms with Crippen molar-refractivity contribution in [2.45, 2.75) is 6.92 Å². The summed E-state index contributed by atoms with van der Waals surface area (Å²) in [4.78, 5) is 4.58. The number of hydrogen-bond donors (Lipinski definition) is 0. The van der Waals surface area contributed by atoms with Crippen molar-refractivity contribution in [2.75, 3.05) is 7.11 Å². The predicted octanol–water partition coefficient (Wildman–Crippen LogP) is 2.06. The molecule has 0 unspecified atom stereocenters. The van der Waals surface area contributed by atoms with Crippen LogP contribution in [0.2, 0.25) is 0 Å². The monoisotopic (exact) mass is 173 g/mol. The van der Waals surface area contributed by atoms with Crippen LogP contribution < -0.4 is 0 Å². The minimum atomic E-state index is 0.673. The molecule has 0 N–H and O–H groups in total. The third kappa shape index (κ3) is 3.44. The van der Waals surface area contributed by atoms with Crippen LogP contribution in [-0.4, -0.2) is 12.8 Å². The molecule has 0 bridgehead atoms. The second-order valence-electron chi connectivity index (χ2n) is 2.48.